The Kier molecular flexibility index (Phi) is 4.97. The fraction of sp³-hybridized carbons (Fsp3) is 0.421. The standard InChI is InChI=1S/C19H22N2O5/c1-11(21-18(23)15-6-4-5-7-16(15)19(21)24)17(22)20-12-8-13(25-2)10-14(9-12)26-3/h4-5,8-11,15-16H,6-7H2,1-3H3,(H,20,22)/t11-,15-,16+/m0/s1. The highest BCUT2D eigenvalue weighted by molar-refractivity contribution is 6.10. The van der Waals surface area contributed by atoms with E-state index >= 15 is 0 Å². The molecular weight excluding hydrogens is 336 g/mol. The third-order valence-electron chi connectivity index (χ3n) is 4.93. The van der Waals surface area contributed by atoms with Gasteiger partial charge in [0.25, 0.3) is 0 Å². The van der Waals surface area contributed by atoms with Crippen LogP contribution in [-0.2, 0) is 14.4 Å². The molecule has 1 fully saturated rings. The Balaban J connectivity index is 1.76. The van der Waals surface area contributed by atoms with E-state index in [2.05, 4.69) is 5.32 Å². The number of fused-ring (bicyclic) bond motifs is 1. The monoisotopic (exact) mass is 358 g/mol. The SMILES string of the molecule is COc1cc(NC(=O)[C@H](C)N2C(=O)[C@H]3CC=CC[C@H]3C2=O)cc(OC)c1. The number of carbonyl (C=O) groups is 3. The predicted octanol–water partition coefficient (Wildman–Crippen LogP) is 1.98. The van der Waals surface area contributed by atoms with Gasteiger partial charge < -0.3 is 14.8 Å². The Morgan fingerprint density at radius 2 is 1.54 bits per heavy atom. The number of nitrogens with one attached hydrogen (secondary N) is 1. The number of benzene rings is 1. The van der Waals surface area contributed by atoms with Crippen molar-refractivity contribution in [3.63, 3.8) is 0 Å². The van der Waals surface area contributed by atoms with E-state index in [4.69, 9.17) is 9.47 Å². The molecule has 1 aromatic rings. The van der Waals surface area contributed by atoms with E-state index in [0.717, 1.165) is 4.90 Å². The molecule has 7 heteroatoms. The van der Waals surface area contributed by atoms with E-state index < -0.39 is 11.9 Å². The van der Waals surface area contributed by atoms with Crippen molar-refractivity contribution in [1.29, 1.82) is 0 Å². The summed E-state index contributed by atoms with van der Waals surface area (Å²) in [7, 11) is 3.03. The molecule has 1 aromatic carbocycles. The first-order chi connectivity index (χ1) is 12.5. The van der Waals surface area contributed by atoms with Crippen LogP contribution in [0.3, 0.4) is 0 Å². The van der Waals surface area contributed by atoms with Gasteiger partial charge in [0.1, 0.15) is 17.5 Å². The second kappa shape index (κ2) is 7.19. The quantitative estimate of drug-likeness (QED) is 0.643. The van der Waals surface area contributed by atoms with Gasteiger partial charge in [0.05, 0.1) is 26.1 Å². The number of amides is 3. The molecular formula is C19H22N2O5. The zero-order valence-electron chi connectivity index (χ0n) is 15.0. The zero-order valence-corrected chi connectivity index (χ0v) is 15.0. The highest BCUT2D eigenvalue weighted by Gasteiger charge is 2.50. The second-order valence-corrected chi connectivity index (χ2v) is 6.47. The lowest BCUT2D eigenvalue weighted by Gasteiger charge is -2.22. The highest BCUT2D eigenvalue weighted by Crippen LogP contribution is 2.36. The number of anilines is 1. The van der Waals surface area contributed by atoms with Gasteiger partial charge in [-0.25, -0.2) is 0 Å². The van der Waals surface area contributed by atoms with Crippen LogP contribution in [-0.4, -0.2) is 42.9 Å². The summed E-state index contributed by atoms with van der Waals surface area (Å²) in [5.41, 5.74) is 0.469. The van der Waals surface area contributed by atoms with Crippen molar-refractivity contribution in [3.8, 4) is 11.5 Å². The molecule has 3 amide bonds. The number of methoxy groups -OCH3 is 2. The Bertz CT molecular complexity index is 725. The van der Waals surface area contributed by atoms with Crippen LogP contribution in [0, 0.1) is 11.8 Å². The van der Waals surface area contributed by atoms with Gasteiger partial charge in [-0.3, -0.25) is 19.3 Å². The van der Waals surface area contributed by atoms with Gasteiger partial charge in [0.15, 0.2) is 0 Å². The van der Waals surface area contributed by atoms with Gasteiger partial charge in [-0.05, 0) is 19.8 Å². The van der Waals surface area contributed by atoms with Crippen LogP contribution in [0.1, 0.15) is 19.8 Å². The lowest BCUT2D eigenvalue weighted by atomic mass is 9.85. The van der Waals surface area contributed by atoms with Crippen LogP contribution in [0.2, 0.25) is 0 Å². The van der Waals surface area contributed by atoms with Gasteiger partial charge in [-0.15, -0.1) is 0 Å². The van der Waals surface area contributed by atoms with E-state index in [-0.39, 0.29) is 23.7 Å². The summed E-state index contributed by atoms with van der Waals surface area (Å²) in [5.74, 6) is -0.617. The number of ether oxygens (including phenoxy) is 2. The summed E-state index contributed by atoms with van der Waals surface area (Å²) in [6.07, 6.45) is 4.94. The van der Waals surface area contributed by atoms with Crippen LogP contribution in [0.25, 0.3) is 0 Å². The smallest absolute Gasteiger partial charge is 0.247 e. The first kappa shape index (κ1) is 18.0. The number of imide groups is 1. The van der Waals surface area contributed by atoms with Crippen LogP contribution in [0.15, 0.2) is 30.4 Å². The van der Waals surface area contributed by atoms with Crippen LogP contribution < -0.4 is 14.8 Å². The van der Waals surface area contributed by atoms with E-state index in [1.165, 1.54) is 14.2 Å². The number of hydrogen-bond donors (Lipinski definition) is 1. The number of hydrogen-bond acceptors (Lipinski definition) is 5. The normalized spacial score (nSPS) is 22.8. The van der Waals surface area contributed by atoms with Gasteiger partial charge in [0, 0.05) is 23.9 Å². The number of rotatable bonds is 5. The molecule has 3 atom stereocenters. The molecule has 0 spiro atoms. The van der Waals surface area contributed by atoms with Crippen molar-refractivity contribution in [2.75, 3.05) is 19.5 Å². The molecule has 0 bridgehead atoms. The maximum Gasteiger partial charge on any atom is 0.247 e. The van der Waals surface area contributed by atoms with E-state index in [1.54, 1.807) is 25.1 Å². The molecule has 1 saturated heterocycles. The summed E-state index contributed by atoms with van der Waals surface area (Å²) in [6, 6.07) is 4.08. The van der Waals surface area contributed by atoms with Crippen molar-refractivity contribution >= 4 is 23.4 Å². The number of likely N-dealkylation sites (tertiary alicyclic amines) is 1. The molecule has 7 nitrogen and oxygen atoms in total. The Morgan fingerprint density at radius 3 is 2.00 bits per heavy atom. The second-order valence-electron chi connectivity index (χ2n) is 6.47. The minimum atomic E-state index is -0.891. The van der Waals surface area contributed by atoms with Gasteiger partial charge in [-0.1, -0.05) is 12.2 Å². The average Bonchev–Trinajstić information content (AvgIpc) is 2.91. The minimum absolute atomic E-state index is 0.268. The molecule has 1 aliphatic carbocycles. The minimum Gasteiger partial charge on any atom is -0.497 e. The third kappa shape index (κ3) is 3.16. The van der Waals surface area contributed by atoms with Crippen molar-refractivity contribution in [1.82, 2.24) is 4.90 Å². The van der Waals surface area contributed by atoms with E-state index in [1.807, 2.05) is 12.2 Å². The van der Waals surface area contributed by atoms with Gasteiger partial charge >= 0.3 is 0 Å². The van der Waals surface area contributed by atoms with Crippen LogP contribution in [0.4, 0.5) is 5.69 Å². The topological polar surface area (TPSA) is 84.9 Å². The van der Waals surface area contributed by atoms with Gasteiger partial charge in [0.2, 0.25) is 17.7 Å². The molecule has 1 aliphatic heterocycles. The fourth-order valence-corrected chi connectivity index (χ4v) is 3.45. The summed E-state index contributed by atoms with van der Waals surface area (Å²) in [4.78, 5) is 38.9. The van der Waals surface area contributed by atoms with Crippen molar-refractivity contribution in [2.24, 2.45) is 11.8 Å². The van der Waals surface area contributed by atoms with Crippen LogP contribution in [0.5, 0.6) is 11.5 Å². The maximum atomic E-state index is 12.6. The summed E-state index contributed by atoms with van der Waals surface area (Å²) >= 11 is 0. The molecule has 1 heterocycles. The average molecular weight is 358 g/mol. The fourth-order valence-electron chi connectivity index (χ4n) is 3.45. The molecule has 0 unspecified atom stereocenters. The molecule has 0 saturated carbocycles. The highest BCUT2D eigenvalue weighted by atomic mass is 16.5. The van der Waals surface area contributed by atoms with Gasteiger partial charge in [-0.2, -0.15) is 0 Å². The molecule has 0 aromatic heterocycles. The number of carbonyl (C=O) groups excluding carboxylic acids is 3. The zero-order chi connectivity index (χ0) is 18.8. The summed E-state index contributed by atoms with van der Waals surface area (Å²) in [5, 5.41) is 2.73. The molecule has 0 radical (unpaired) electrons. The van der Waals surface area contributed by atoms with Crippen molar-refractivity contribution < 1.29 is 23.9 Å². The van der Waals surface area contributed by atoms with E-state index in [9.17, 15) is 14.4 Å². The lowest BCUT2D eigenvalue weighted by Crippen LogP contribution is -2.46. The van der Waals surface area contributed by atoms with E-state index in [0.29, 0.717) is 30.0 Å². The largest absolute Gasteiger partial charge is 0.497 e. The predicted molar refractivity (Wildman–Crippen MR) is 94.8 cm³/mol. The Hall–Kier alpha value is -2.83. The first-order valence-electron chi connectivity index (χ1n) is 8.52. The third-order valence-corrected chi connectivity index (χ3v) is 4.93. The number of nitrogens with zero attached hydrogens (tertiary/aromatic N) is 1. The Morgan fingerprint density at radius 1 is 1.04 bits per heavy atom. The lowest BCUT2D eigenvalue weighted by molar-refractivity contribution is -0.146. The molecule has 2 aliphatic rings. The summed E-state index contributed by atoms with van der Waals surface area (Å²) < 4.78 is 10.4. The van der Waals surface area contributed by atoms with Crippen LogP contribution >= 0.6 is 0 Å². The maximum absolute atomic E-state index is 12.6. The van der Waals surface area contributed by atoms with Crippen molar-refractivity contribution in [2.45, 2.75) is 25.8 Å². The first-order valence-corrected chi connectivity index (χ1v) is 8.52. The molecule has 3 rings (SSSR count). The molecule has 1 N–H and O–H groups in total. The Labute approximate surface area is 151 Å². The summed E-state index contributed by atoms with van der Waals surface area (Å²) in [6.45, 7) is 1.56. The number of allylic oxidation sites excluding steroid dienone is 2. The van der Waals surface area contributed by atoms with Crippen molar-refractivity contribution in [3.05, 3.63) is 30.4 Å². The molecule has 26 heavy (non-hydrogen) atoms. The molecule has 138 valence electrons.